The molecule has 4 heteroatoms. The molecule has 0 fully saturated rings. The Labute approximate surface area is 106 Å². The van der Waals surface area contributed by atoms with Gasteiger partial charge in [-0.15, -0.1) is 0 Å². The molecule has 2 rings (SSSR count). The fraction of sp³-hybridized carbons (Fsp3) is 0.429. The van der Waals surface area contributed by atoms with Crippen LogP contribution in [0.2, 0.25) is 0 Å². The molecular formula is C14H19N3O. The highest BCUT2D eigenvalue weighted by Gasteiger charge is 2.12. The largest absolute Gasteiger partial charge is 0.309 e. The maximum absolute atomic E-state index is 11.9. The van der Waals surface area contributed by atoms with Gasteiger partial charge in [0.05, 0.1) is 16.9 Å². The minimum Gasteiger partial charge on any atom is -0.309 e. The Kier molecular flexibility index (Phi) is 3.77. The molecule has 2 N–H and O–H groups in total. The van der Waals surface area contributed by atoms with Crippen LogP contribution in [0.1, 0.15) is 39.1 Å². The van der Waals surface area contributed by atoms with Crippen molar-refractivity contribution in [3.63, 3.8) is 0 Å². The van der Waals surface area contributed by atoms with Crippen LogP contribution in [0.15, 0.2) is 29.1 Å². The third-order valence-corrected chi connectivity index (χ3v) is 3.19. The number of nitrogens with one attached hydrogen (secondary N) is 2. The van der Waals surface area contributed by atoms with Crippen LogP contribution in [-0.2, 0) is 0 Å². The molecular weight excluding hydrogens is 226 g/mol. The molecule has 96 valence electrons. The Bertz CT molecular complexity index is 591. The van der Waals surface area contributed by atoms with E-state index in [9.17, 15) is 4.79 Å². The van der Waals surface area contributed by atoms with Gasteiger partial charge in [0.25, 0.3) is 5.56 Å². The lowest BCUT2D eigenvalue weighted by atomic mass is 10.2. The van der Waals surface area contributed by atoms with Crippen molar-refractivity contribution in [2.75, 3.05) is 0 Å². The highest BCUT2D eigenvalue weighted by atomic mass is 16.1. The molecule has 0 radical (unpaired) electrons. The molecule has 0 aliphatic heterocycles. The Balaban J connectivity index is 2.37. The monoisotopic (exact) mass is 245 g/mol. The van der Waals surface area contributed by atoms with E-state index in [2.05, 4.69) is 29.1 Å². The van der Waals surface area contributed by atoms with Crippen molar-refractivity contribution in [3.8, 4) is 0 Å². The Morgan fingerprint density at radius 2 is 2.06 bits per heavy atom. The summed E-state index contributed by atoms with van der Waals surface area (Å²) in [6, 6.07) is 7.83. The van der Waals surface area contributed by atoms with E-state index in [0.29, 0.717) is 17.3 Å². The molecule has 2 aromatic rings. The van der Waals surface area contributed by atoms with E-state index in [4.69, 9.17) is 0 Å². The van der Waals surface area contributed by atoms with Crippen LogP contribution in [0.5, 0.6) is 0 Å². The van der Waals surface area contributed by atoms with Gasteiger partial charge in [0.1, 0.15) is 5.82 Å². The van der Waals surface area contributed by atoms with Gasteiger partial charge in [0.15, 0.2) is 0 Å². The standard InChI is InChI=1S/C14H19N3O/c1-4-9(2)15-10(3)13-16-12-8-6-5-7-11(12)14(18)17-13/h5-10,15H,4H2,1-3H3,(H,16,17,18). The summed E-state index contributed by atoms with van der Waals surface area (Å²) < 4.78 is 0. The fourth-order valence-electron chi connectivity index (χ4n) is 1.93. The second-order valence-corrected chi connectivity index (χ2v) is 4.67. The topological polar surface area (TPSA) is 57.8 Å². The molecule has 18 heavy (non-hydrogen) atoms. The highest BCUT2D eigenvalue weighted by molar-refractivity contribution is 5.77. The summed E-state index contributed by atoms with van der Waals surface area (Å²) in [6.45, 7) is 6.26. The molecule has 1 aromatic heterocycles. The van der Waals surface area contributed by atoms with Crippen LogP contribution < -0.4 is 10.9 Å². The van der Waals surface area contributed by atoms with Crippen molar-refractivity contribution < 1.29 is 0 Å². The maximum Gasteiger partial charge on any atom is 0.258 e. The van der Waals surface area contributed by atoms with Crippen LogP contribution in [0, 0.1) is 0 Å². The van der Waals surface area contributed by atoms with Gasteiger partial charge in [-0.2, -0.15) is 0 Å². The summed E-state index contributed by atoms with van der Waals surface area (Å²) in [7, 11) is 0. The number of nitrogens with zero attached hydrogens (tertiary/aromatic N) is 1. The van der Waals surface area contributed by atoms with Crippen molar-refractivity contribution >= 4 is 10.9 Å². The summed E-state index contributed by atoms with van der Waals surface area (Å²) >= 11 is 0. The van der Waals surface area contributed by atoms with Crippen molar-refractivity contribution in [1.29, 1.82) is 0 Å². The lowest BCUT2D eigenvalue weighted by Crippen LogP contribution is -2.30. The van der Waals surface area contributed by atoms with Gasteiger partial charge < -0.3 is 10.3 Å². The first-order valence-corrected chi connectivity index (χ1v) is 6.36. The minimum atomic E-state index is -0.0756. The molecule has 4 nitrogen and oxygen atoms in total. The van der Waals surface area contributed by atoms with Gasteiger partial charge in [0.2, 0.25) is 0 Å². The molecule has 0 aliphatic rings. The highest BCUT2D eigenvalue weighted by Crippen LogP contribution is 2.11. The normalized spacial score (nSPS) is 14.6. The van der Waals surface area contributed by atoms with E-state index in [1.807, 2.05) is 25.1 Å². The average Bonchev–Trinajstić information content (AvgIpc) is 2.38. The second-order valence-electron chi connectivity index (χ2n) is 4.67. The first kappa shape index (κ1) is 12.8. The van der Waals surface area contributed by atoms with Crippen LogP contribution in [-0.4, -0.2) is 16.0 Å². The first-order valence-electron chi connectivity index (χ1n) is 6.36. The number of aromatic nitrogens is 2. The van der Waals surface area contributed by atoms with Crippen molar-refractivity contribution in [3.05, 3.63) is 40.4 Å². The van der Waals surface area contributed by atoms with Gasteiger partial charge >= 0.3 is 0 Å². The van der Waals surface area contributed by atoms with E-state index < -0.39 is 0 Å². The molecule has 0 spiro atoms. The van der Waals surface area contributed by atoms with E-state index in [-0.39, 0.29) is 11.6 Å². The van der Waals surface area contributed by atoms with Crippen LogP contribution >= 0.6 is 0 Å². The van der Waals surface area contributed by atoms with Crippen molar-refractivity contribution in [2.45, 2.75) is 39.3 Å². The van der Waals surface area contributed by atoms with E-state index >= 15 is 0 Å². The minimum absolute atomic E-state index is 0.0391. The van der Waals surface area contributed by atoms with Gasteiger partial charge in [-0.05, 0) is 32.4 Å². The zero-order valence-electron chi connectivity index (χ0n) is 11.0. The SMILES string of the molecule is CCC(C)NC(C)c1nc2ccccc2c(=O)[nH]1. The number of hydrogen-bond acceptors (Lipinski definition) is 3. The molecule has 0 saturated carbocycles. The van der Waals surface area contributed by atoms with E-state index in [1.54, 1.807) is 6.07 Å². The number of fused-ring (bicyclic) bond motifs is 1. The molecule has 2 unspecified atom stereocenters. The van der Waals surface area contributed by atoms with Gasteiger partial charge in [0, 0.05) is 6.04 Å². The smallest absolute Gasteiger partial charge is 0.258 e. The summed E-state index contributed by atoms with van der Waals surface area (Å²) in [6.07, 6.45) is 1.04. The van der Waals surface area contributed by atoms with E-state index in [0.717, 1.165) is 11.9 Å². The molecule has 0 bridgehead atoms. The molecule has 0 saturated heterocycles. The average molecular weight is 245 g/mol. The molecule has 1 aromatic carbocycles. The number of aromatic amines is 1. The summed E-state index contributed by atoms with van der Waals surface area (Å²) in [4.78, 5) is 19.3. The zero-order valence-corrected chi connectivity index (χ0v) is 11.0. The van der Waals surface area contributed by atoms with E-state index in [1.165, 1.54) is 0 Å². The van der Waals surface area contributed by atoms with Gasteiger partial charge in [-0.1, -0.05) is 19.1 Å². The number of para-hydroxylation sites is 1. The second kappa shape index (κ2) is 5.31. The third kappa shape index (κ3) is 2.59. The molecule has 1 heterocycles. The summed E-state index contributed by atoms with van der Waals surface area (Å²) in [5.41, 5.74) is 0.669. The van der Waals surface area contributed by atoms with Crippen LogP contribution in [0.3, 0.4) is 0 Å². The molecule has 0 aliphatic carbocycles. The fourth-order valence-corrected chi connectivity index (χ4v) is 1.93. The Morgan fingerprint density at radius 3 is 2.78 bits per heavy atom. The number of benzene rings is 1. The predicted octanol–water partition coefficient (Wildman–Crippen LogP) is 2.37. The maximum atomic E-state index is 11.9. The van der Waals surface area contributed by atoms with Gasteiger partial charge in [-0.3, -0.25) is 4.79 Å². The molecule has 0 amide bonds. The zero-order chi connectivity index (χ0) is 13.1. The van der Waals surface area contributed by atoms with Crippen molar-refractivity contribution in [2.24, 2.45) is 0 Å². The van der Waals surface area contributed by atoms with Crippen molar-refractivity contribution in [1.82, 2.24) is 15.3 Å². The number of rotatable bonds is 4. The van der Waals surface area contributed by atoms with Gasteiger partial charge in [-0.25, -0.2) is 4.98 Å². The van der Waals surface area contributed by atoms with Crippen LogP contribution in [0.4, 0.5) is 0 Å². The lowest BCUT2D eigenvalue weighted by molar-refractivity contribution is 0.455. The first-order chi connectivity index (χ1) is 8.61. The molecule has 2 atom stereocenters. The van der Waals surface area contributed by atoms with Crippen LogP contribution in [0.25, 0.3) is 10.9 Å². The Hall–Kier alpha value is -1.68. The number of H-pyrrole nitrogens is 1. The summed E-state index contributed by atoms with van der Waals surface area (Å²) in [5, 5.41) is 4.04. The summed E-state index contributed by atoms with van der Waals surface area (Å²) in [5.74, 6) is 0.694. The number of hydrogen-bond donors (Lipinski definition) is 2. The third-order valence-electron chi connectivity index (χ3n) is 3.19. The lowest BCUT2D eigenvalue weighted by Gasteiger charge is -2.18. The predicted molar refractivity (Wildman–Crippen MR) is 73.7 cm³/mol. The Morgan fingerprint density at radius 1 is 1.33 bits per heavy atom. The quantitative estimate of drug-likeness (QED) is 0.869.